The maximum absolute atomic E-state index is 12.8. The lowest BCUT2D eigenvalue weighted by Gasteiger charge is -2.20. The minimum Gasteiger partial charge on any atom is -0.422 e. The fourth-order valence-corrected chi connectivity index (χ4v) is 5.24. The van der Waals surface area contributed by atoms with E-state index < -0.39 is 15.7 Å². The SMILES string of the molecule is CCN(CC)c1ccc2cc(/C=C/c3ccc(S(=O)(=O)O)c[n+]3CCCCCC(=O)NCCOCCC(C)C)c(=O)oc2c1. The highest BCUT2D eigenvalue weighted by Gasteiger charge is 2.18. The molecule has 2 aromatic heterocycles. The molecule has 0 radical (unpaired) electrons. The van der Waals surface area contributed by atoms with Crippen molar-refractivity contribution in [1.82, 2.24) is 5.32 Å². The summed E-state index contributed by atoms with van der Waals surface area (Å²) in [6.45, 7) is 12.2. The molecule has 2 heterocycles. The second kappa shape index (κ2) is 17.1. The van der Waals surface area contributed by atoms with E-state index in [0.717, 1.165) is 37.0 Å². The molecule has 11 heteroatoms. The number of unbranched alkanes of at least 4 members (excludes halogenated alkanes) is 2. The Labute approximate surface area is 260 Å². The molecule has 0 saturated carbocycles. The van der Waals surface area contributed by atoms with Crippen molar-refractivity contribution in [2.45, 2.75) is 71.2 Å². The van der Waals surface area contributed by atoms with Crippen molar-refractivity contribution in [1.29, 1.82) is 0 Å². The number of aromatic nitrogens is 1. The number of carbonyl (C=O) groups is 1. The molecular weight excluding hydrogens is 582 g/mol. The molecule has 3 aromatic rings. The summed E-state index contributed by atoms with van der Waals surface area (Å²) in [6, 6.07) is 10.5. The minimum atomic E-state index is -4.40. The Morgan fingerprint density at radius 1 is 1.07 bits per heavy atom. The van der Waals surface area contributed by atoms with Crippen molar-refractivity contribution in [2.24, 2.45) is 5.92 Å². The van der Waals surface area contributed by atoms with Crippen LogP contribution in [0.3, 0.4) is 0 Å². The van der Waals surface area contributed by atoms with E-state index in [0.29, 0.717) is 68.3 Å². The second-order valence-electron chi connectivity index (χ2n) is 11.1. The van der Waals surface area contributed by atoms with Crippen LogP contribution in [-0.4, -0.2) is 51.7 Å². The molecule has 0 atom stereocenters. The van der Waals surface area contributed by atoms with Gasteiger partial charge < -0.3 is 19.4 Å². The predicted molar refractivity (Wildman–Crippen MR) is 173 cm³/mol. The van der Waals surface area contributed by atoms with Crippen LogP contribution >= 0.6 is 0 Å². The molecule has 1 amide bonds. The number of anilines is 1. The van der Waals surface area contributed by atoms with Crippen molar-refractivity contribution < 1.29 is 31.5 Å². The average molecular weight is 629 g/mol. The number of nitrogens with zero attached hydrogens (tertiary/aromatic N) is 2. The molecule has 1 aromatic carbocycles. The fourth-order valence-electron chi connectivity index (χ4n) is 4.74. The van der Waals surface area contributed by atoms with E-state index in [1.807, 2.05) is 18.2 Å². The Balaban J connectivity index is 1.63. The van der Waals surface area contributed by atoms with Gasteiger partial charge in [-0.15, -0.1) is 0 Å². The lowest BCUT2D eigenvalue weighted by atomic mass is 10.1. The third-order valence-electron chi connectivity index (χ3n) is 7.35. The van der Waals surface area contributed by atoms with Gasteiger partial charge in [-0.25, -0.2) is 4.79 Å². The van der Waals surface area contributed by atoms with Crippen LogP contribution in [0.4, 0.5) is 5.69 Å². The number of benzene rings is 1. The molecule has 0 bridgehead atoms. The molecule has 2 N–H and O–H groups in total. The Bertz CT molecular complexity index is 1580. The van der Waals surface area contributed by atoms with Gasteiger partial charge in [0.05, 0.1) is 12.2 Å². The topological polar surface area (TPSA) is 130 Å². The quantitative estimate of drug-likeness (QED) is 0.0863. The first-order valence-corrected chi connectivity index (χ1v) is 16.8. The number of pyridine rings is 1. The largest absolute Gasteiger partial charge is 0.422 e. The van der Waals surface area contributed by atoms with Crippen LogP contribution in [0.2, 0.25) is 0 Å². The third kappa shape index (κ3) is 10.9. The van der Waals surface area contributed by atoms with Gasteiger partial charge in [-0.3, -0.25) is 9.35 Å². The van der Waals surface area contributed by atoms with Crippen LogP contribution in [0.15, 0.2) is 56.7 Å². The van der Waals surface area contributed by atoms with Crippen LogP contribution in [0.25, 0.3) is 23.1 Å². The van der Waals surface area contributed by atoms with Crippen LogP contribution in [0, 0.1) is 5.92 Å². The molecule has 0 aliphatic heterocycles. The van der Waals surface area contributed by atoms with Crippen molar-refractivity contribution in [3.8, 4) is 0 Å². The summed E-state index contributed by atoms with van der Waals surface area (Å²) < 4.78 is 46.0. The fraction of sp³-hybridized carbons (Fsp3) is 0.485. The summed E-state index contributed by atoms with van der Waals surface area (Å²) in [5.41, 5.74) is 2.01. The van der Waals surface area contributed by atoms with Gasteiger partial charge >= 0.3 is 5.63 Å². The molecule has 0 aliphatic carbocycles. The van der Waals surface area contributed by atoms with E-state index in [4.69, 9.17) is 9.15 Å². The van der Waals surface area contributed by atoms with Crippen molar-refractivity contribution >= 4 is 44.8 Å². The van der Waals surface area contributed by atoms with E-state index in [2.05, 4.69) is 37.9 Å². The molecule has 0 aliphatic rings. The first kappa shape index (κ1) is 34.9. The number of aryl methyl sites for hydroxylation is 1. The number of rotatable bonds is 18. The molecular formula is C33H46N3O7S+. The Hall–Kier alpha value is -3.54. The van der Waals surface area contributed by atoms with Gasteiger partial charge in [0.15, 0.2) is 11.1 Å². The molecule has 10 nitrogen and oxygen atoms in total. The molecule has 3 rings (SSSR count). The standard InChI is InChI=1S/C33H45N3O7S/c1-5-35(6-2)29-14-11-26-22-27(33(38)43-31(26)23-29)12-13-28-15-16-30(44(39,40)41)24-36(28)19-9-7-8-10-32(37)34-18-21-42-20-17-25(3)4/h11-16,22-25H,5-10,17-21H2,1-4H3,(H-,34,37,39,40,41)/p+1. The highest BCUT2D eigenvalue weighted by Crippen LogP contribution is 2.22. The zero-order valence-electron chi connectivity index (χ0n) is 26.3. The highest BCUT2D eigenvalue weighted by atomic mass is 32.2. The lowest BCUT2D eigenvalue weighted by molar-refractivity contribution is -0.700. The monoisotopic (exact) mass is 628 g/mol. The number of amides is 1. The maximum atomic E-state index is 12.8. The minimum absolute atomic E-state index is 0.0272. The van der Waals surface area contributed by atoms with Gasteiger partial charge in [0.1, 0.15) is 12.1 Å². The predicted octanol–water partition coefficient (Wildman–Crippen LogP) is 5.08. The zero-order valence-corrected chi connectivity index (χ0v) is 27.1. The smallest absolute Gasteiger partial charge is 0.343 e. The van der Waals surface area contributed by atoms with Crippen molar-refractivity contribution in [2.75, 3.05) is 37.7 Å². The summed E-state index contributed by atoms with van der Waals surface area (Å²) in [6.07, 6.45) is 8.21. The lowest BCUT2D eigenvalue weighted by Crippen LogP contribution is -2.37. The Morgan fingerprint density at radius 2 is 1.84 bits per heavy atom. The van der Waals surface area contributed by atoms with Gasteiger partial charge in [0.2, 0.25) is 11.6 Å². The Morgan fingerprint density at radius 3 is 2.55 bits per heavy atom. The van der Waals surface area contributed by atoms with Crippen molar-refractivity contribution in [3.05, 3.63) is 64.3 Å². The third-order valence-corrected chi connectivity index (χ3v) is 8.19. The molecule has 240 valence electrons. The first-order valence-electron chi connectivity index (χ1n) is 15.4. The zero-order chi connectivity index (χ0) is 32.1. The van der Waals surface area contributed by atoms with Gasteiger partial charge in [0, 0.05) is 68.4 Å². The van der Waals surface area contributed by atoms with E-state index in [9.17, 15) is 22.6 Å². The second-order valence-corrected chi connectivity index (χ2v) is 12.6. The van der Waals surface area contributed by atoms with Gasteiger partial charge in [-0.2, -0.15) is 13.0 Å². The summed E-state index contributed by atoms with van der Waals surface area (Å²) >= 11 is 0. The number of hydrogen-bond acceptors (Lipinski definition) is 7. The molecule has 44 heavy (non-hydrogen) atoms. The van der Waals surface area contributed by atoms with E-state index in [1.54, 1.807) is 28.9 Å². The van der Waals surface area contributed by atoms with Gasteiger partial charge in [-0.1, -0.05) is 13.8 Å². The number of carbonyl (C=O) groups excluding carboxylic acids is 1. The molecule has 0 fully saturated rings. The van der Waals surface area contributed by atoms with E-state index >= 15 is 0 Å². The van der Waals surface area contributed by atoms with Crippen molar-refractivity contribution in [3.63, 3.8) is 0 Å². The van der Waals surface area contributed by atoms with Gasteiger partial charge in [-0.05, 0) is 69.4 Å². The summed E-state index contributed by atoms with van der Waals surface area (Å²) in [5, 5.41) is 3.65. The first-order chi connectivity index (χ1) is 21.0. The van der Waals surface area contributed by atoms with Crippen LogP contribution in [0.5, 0.6) is 0 Å². The van der Waals surface area contributed by atoms with Crippen LogP contribution < -0.4 is 20.4 Å². The number of ether oxygens (including phenoxy) is 1. The average Bonchev–Trinajstić information content (AvgIpc) is 2.98. The summed E-state index contributed by atoms with van der Waals surface area (Å²) in [5.74, 6) is 0.559. The summed E-state index contributed by atoms with van der Waals surface area (Å²) in [7, 11) is -4.40. The molecule has 0 spiro atoms. The number of hydrogen-bond donors (Lipinski definition) is 2. The number of fused-ring (bicyclic) bond motifs is 1. The molecule has 0 unspecified atom stereocenters. The van der Waals surface area contributed by atoms with Crippen LogP contribution in [0.1, 0.15) is 71.1 Å². The number of nitrogens with one attached hydrogen (secondary N) is 1. The molecule has 0 saturated heterocycles. The van der Waals surface area contributed by atoms with Gasteiger partial charge in [0.25, 0.3) is 10.1 Å². The maximum Gasteiger partial charge on any atom is 0.343 e. The Kier molecular flexibility index (Phi) is 13.6. The summed E-state index contributed by atoms with van der Waals surface area (Å²) in [4.78, 5) is 26.9. The normalized spacial score (nSPS) is 12.0. The van der Waals surface area contributed by atoms with Crippen LogP contribution in [-0.2, 0) is 26.2 Å². The van der Waals surface area contributed by atoms with E-state index in [-0.39, 0.29) is 10.8 Å². The van der Waals surface area contributed by atoms with E-state index in [1.165, 1.54) is 12.3 Å². The highest BCUT2D eigenvalue weighted by molar-refractivity contribution is 7.85.